The Hall–Kier alpha value is -1.73. The zero-order valence-electron chi connectivity index (χ0n) is 40.9. The summed E-state index contributed by atoms with van der Waals surface area (Å²) in [5.74, 6) is 0. The Bertz CT molecular complexity index is 1270. The Kier molecular flexibility index (Phi) is 42.1. The first kappa shape index (κ1) is 57.3. The Morgan fingerprint density at radius 2 is 0.656 bits per heavy atom. The maximum atomic E-state index is 5.21. The van der Waals surface area contributed by atoms with Crippen LogP contribution in [-0.4, -0.2) is 11.9 Å². The fourth-order valence-electron chi connectivity index (χ4n) is 8.88. The molecule has 0 aromatic heterocycles. The molecular weight excluding hydrogens is 783 g/mol. The topological polar surface area (TPSA) is 24.7 Å². The number of hydrogen-bond donors (Lipinski definition) is 0. The quantitative estimate of drug-likeness (QED) is 0.0360. The summed E-state index contributed by atoms with van der Waals surface area (Å²) in [6, 6.07) is 18.0. The first-order valence-electron chi connectivity index (χ1n) is 27.0. The van der Waals surface area contributed by atoms with E-state index in [0.717, 1.165) is 36.3 Å². The van der Waals surface area contributed by atoms with Crippen molar-refractivity contribution in [3.63, 3.8) is 0 Å². The number of aryl methyl sites for hydroxylation is 2. The van der Waals surface area contributed by atoms with Gasteiger partial charge in [0.25, 0.3) is 0 Å². The second kappa shape index (κ2) is 44.9. The van der Waals surface area contributed by atoms with E-state index < -0.39 is 0 Å². The van der Waals surface area contributed by atoms with Gasteiger partial charge in [0.2, 0.25) is 0 Å². The van der Waals surface area contributed by atoms with Gasteiger partial charge in [-0.25, -0.2) is 0 Å². The van der Waals surface area contributed by atoms with E-state index in [4.69, 9.17) is 9.98 Å². The molecule has 0 amide bonds. The molecule has 3 heteroatoms. The van der Waals surface area contributed by atoms with Crippen LogP contribution in [0.4, 0.5) is 11.4 Å². The third kappa shape index (κ3) is 36.3. The minimum absolute atomic E-state index is 0. The third-order valence-electron chi connectivity index (χ3n) is 12.9. The zero-order chi connectivity index (χ0) is 42.7. The van der Waals surface area contributed by atoms with E-state index in [9.17, 15) is 0 Å². The first-order chi connectivity index (χ1) is 29.7. The summed E-state index contributed by atoms with van der Waals surface area (Å²) in [6.45, 7) is 6.91. The van der Waals surface area contributed by atoms with Gasteiger partial charge in [0.15, 0.2) is 0 Å². The first-order valence-corrected chi connectivity index (χ1v) is 27.0. The number of hydrogen-bond acceptors (Lipinski definition) is 2. The molecule has 0 spiro atoms. The number of benzene rings is 2. The van der Waals surface area contributed by atoms with E-state index >= 15 is 0 Å². The van der Waals surface area contributed by atoms with E-state index in [1.54, 1.807) is 0 Å². The van der Waals surface area contributed by atoms with Gasteiger partial charge in [-0.05, 0) is 73.9 Å². The summed E-state index contributed by atoms with van der Waals surface area (Å²) in [5.41, 5.74) is 6.13. The smallest absolute Gasteiger partial charge is 0.0636 e. The SMILES string of the molecule is CCCCCCCCCCCCCCCCCCc1cccc(N=CC(CCCCCCCC)=Nc2cccc(CCCCCCCCCCCCCCCCCC)c2)c1.[Ni]. The van der Waals surface area contributed by atoms with Gasteiger partial charge in [-0.1, -0.05) is 270 Å². The van der Waals surface area contributed by atoms with Crippen LogP contribution in [-0.2, 0) is 29.3 Å². The molecule has 0 N–H and O–H groups in total. The van der Waals surface area contributed by atoms with Crippen molar-refractivity contribution in [2.24, 2.45) is 9.98 Å². The fraction of sp³-hybridized carbons (Fsp3) is 0.759. The van der Waals surface area contributed by atoms with Crippen LogP contribution in [0.15, 0.2) is 58.5 Å². The van der Waals surface area contributed by atoms with Crippen LogP contribution >= 0.6 is 0 Å². The van der Waals surface area contributed by atoms with Crippen LogP contribution in [0.3, 0.4) is 0 Å². The molecule has 0 saturated carbocycles. The van der Waals surface area contributed by atoms with Crippen molar-refractivity contribution in [3.05, 3.63) is 59.7 Å². The Balaban J connectivity index is 0.0000186. The van der Waals surface area contributed by atoms with Gasteiger partial charge in [0.1, 0.15) is 0 Å². The molecule has 0 aliphatic carbocycles. The van der Waals surface area contributed by atoms with Crippen LogP contribution in [0.1, 0.15) is 282 Å². The van der Waals surface area contributed by atoms with Gasteiger partial charge in [-0.3, -0.25) is 9.98 Å². The summed E-state index contributed by atoms with van der Waals surface area (Å²) in [7, 11) is 0. The Labute approximate surface area is 391 Å². The summed E-state index contributed by atoms with van der Waals surface area (Å²) in [5, 5.41) is 0. The van der Waals surface area contributed by atoms with E-state index in [1.165, 1.54) is 255 Å². The van der Waals surface area contributed by atoms with Gasteiger partial charge < -0.3 is 0 Å². The van der Waals surface area contributed by atoms with Gasteiger partial charge in [-0.2, -0.15) is 0 Å². The molecule has 0 saturated heterocycles. The summed E-state index contributed by atoms with van der Waals surface area (Å²) >= 11 is 0. The van der Waals surface area contributed by atoms with Crippen molar-refractivity contribution >= 4 is 23.3 Å². The minimum Gasteiger partial charge on any atom is -0.255 e. The van der Waals surface area contributed by atoms with Crippen molar-refractivity contribution in [3.8, 4) is 0 Å². The third-order valence-corrected chi connectivity index (χ3v) is 12.9. The fourth-order valence-corrected chi connectivity index (χ4v) is 8.88. The second-order valence-electron chi connectivity index (χ2n) is 18.8. The number of aliphatic imine (C=N–C) groups is 2. The minimum atomic E-state index is 0. The molecule has 2 rings (SSSR count). The second-order valence-corrected chi connectivity index (χ2v) is 18.8. The van der Waals surface area contributed by atoms with Crippen LogP contribution in [0.5, 0.6) is 0 Å². The number of rotatable bonds is 44. The van der Waals surface area contributed by atoms with Crippen molar-refractivity contribution in [2.75, 3.05) is 0 Å². The summed E-state index contributed by atoms with van der Waals surface area (Å²) < 4.78 is 0. The van der Waals surface area contributed by atoms with Crippen molar-refractivity contribution < 1.29 is 16.5 Å². The van der Waals surface area contributed by atoms with Gasteiger partial charge >= 0.3 is 0 Å². The van der Waals surface area contributed by atoms with Crippen LogP contribution in [0, 0.1) is 0 Å². The zero-order valence-corrected chi connectivity index (χ0v) is 41.9. The molecule has 0 radical (unpaired) electrons. The van der Waals surface area contributed by atoms with E-state index in [2.05, 4.69) is 75.5 Å². The van der Waals surface area contributed by atoms with Gasteiger partial charge in [0, 0.05) is 22.7 Å². The average molecular weight is 884 g/mol. The monoisotopic (exact) mass is 883 g/mol. The molecule has 352 valence electrons. The van der Waals surface area contributed by atoms with Gasteiger partial charge in [0.05, 0.1) is 17.1 Å². The molecule has 0 fully saturated rings. The normalized spacial score (nSPS) is 11.8. The van der Waals surface area contributed by atoms with Crippen LogP contribution in [0.25, 0.3) is 0 Å². The maximum absolute atomic E-state index is 5.21. The predicted octanol–water partition coefficient (Wildman–Crippen LogP) is 20.5. The standard InChI is InChI=1S/C58H100N2.Ni/c1-4-7-10-13-16-18-20-22-24-26-28-30-32-34-36-39-44-54-46-42-49-56(51-54)59-53-58(48-41-38-15-12-9-6-3)60-57-50-43-47-55(52-57)45-40-37-35-33-31-29-27-25-23-21-19-17-14-11-8-5-2;/h42-43,46-47,49-53H,4-41,44-45,48H2,1-3H3;. The number of nitrogens with zero attached hydrogens (tertiary/aromatic N) is 2. The molecule has 2 nitrogen and oxygen atoms in total. The number of unbranched alkanes of at least 4 members (excludes halogenated alkanes) is 35. The predicted molar refractivity (Wildman–Crippen MR) is 273 cm³/mol. The molecule has 0 bridgehead atoms. The van der Waals surface area contributed by atoms with Crippen molar-refractivity contribution in [1.29, 1.82) is 0 Å². The van der Waals surface area contributed by atoms with Crippen LogP contribution in [0.2, 0.25) is 0 Å². The Morgan fingerprint density at radius 3 is 1.02 bits per heavy atom. The van der Waals surface area contributed by atoms with Crippen molar-refractivity contribution in [2.45, 2.75) is 284 Å². The molecule has 0 aliphatic rings. The molecular formula is C58H100N2Ni. The molecule has 2 aromatic rings. The maximum Gasteiger partial charge on any atom is 0.0636 e. The van der Waals surface area contributed by atoms with E-state index in [-0.39, 0.29) is 16.5 Å². The van der Waals surface area contributed by atoms with E-state index in [1.807, 2.05) is 0 Å². The molecule has 0 aliphatic heterocycles. The van der Waals surface area contributed by atoms with Crippen molar-refractivity contribution in [1.82, 2.24) is 0 Å². The molecule has 2 aromatic carbocycles. The Morgan fingerprint density at radius 1 is 0.361 bits per heavy atom. The largest absolute Gasteiger partial charge is 0.255 e. The molecule has 0 atom stereocenters. The van der Waals surface area contributed by atoms with Crippen LogP contribution < -0.4 is 0 Å². The molecule has 61 heavy (non-hydrogen) atoms. The average Bonchev–Trinajstić information content (AvgIpc) is 3.26. The molecule has 0 unspecified atom stereocenters. The summed E-state index contributed by atoms with van der Waals surface area (Å²) in [6.07, 6.45) is 58.6. The van der Waals surface area contributed by atoms with Gasteiger partial charge in [-0.15, -0.1) is 0 Å². The summed E-state index contributed by atoms with van der Waals surface area (Å²) in [4.78, 5) is 10.2. The molecule has 0 heterocycles. The van der Waals surface area contributed by atoms with E-state index in [0.29, 0.717) is 0 Å².